The van der Waals surface area contributed by atoms with Crippen molar-refractivity contribution < 1.29 is 18.3 Å². The van der Waals surface area contributed by atoms with Gasteiger partial charge >= 0.3 is 6.61 Å². The predicted molar refractivity (Wildman–Crippen MR) is 92.9 cm³/mol. The summed E-state index contributed by atoms with van der Waals surface area (Å²) in [6, 6.07) is 12.1. The molecule has 1 amide bonds. The summed E-state index contributed by atoms with van der Waals surface area (Å²) in [7, 11) is 0. The number of alkyl halides is 2. The molecule has 3 nitrogen and oxygen atoms in total. The van der Waals surface area contributed by atoms with Gasteiger partial charge in [-0.3, -0.25) is 4.79 Å². The third-order valence-corrected chi connectivity index (χ3v) is 4.62. The molecular weight excluding hydrogens is 332 g/mol. The Bertz CT molecular complexity index is 722. The fourth-order valence-electron chi connectivity index (χ4n) is 2.05. The summed E-state index contributed by atoms with van der Waals surface area (Å²) in [6.07, 6.45) is 0. The average molecular weight is 351 g/mol. The van der Waals surface area contributed by atoms with E-state index in [4.69, 9.17) is 0 Å². The lowest BCUT2D eigenvalue weighted by atomic mass is 10.1. The molecule has 0 aliphatic heterocycles. The van der Waals surface area contributed by atoms with E-state index in [0.29, 0.717) is 0 Å². The van der Waals surface area contributed by atoms with Crippen LogP contribution in [0.3, 0.4) is 0 Å². The van der Waals surface area contributed by atoms with Crippen LogP contribution in [0, 0.1) is 13.8 Å². The van der Waals surface area contributed by atoms with Crippen LogP contribution in [0.2, 0.25) is 0 Å². The highest BCUT2D eigenvalue weighted by Gasteiger charge is 2.17. The van der Waals surface area contributed by atoms with E-state index in [1.54, 1.807) is 19.1 Å². The minimum Gasteiger partial charge on any atom is -0.433 e. The van der Waals surface area contributed by atoms with Crippen molar-refractivity contribution in [1.82, 2.24) is 0 Å². The van der Waals surface area contributed by atoms with Gasteiger partial charge < -0.3 is 10.1 Å². The van der Waals surface area contributed by atoms with E-state index in [9.17, 15) is 13.6 Å². The Kier molecular flexibility index (Phi) is 6.20. The van der Waals surface area contributed by atoms with Gasteiger partial charge in [-0.25, -0.2) is 0 Å². The van der Waals surface area contributed by atoms with Crippen molar-refractivity contribution >= 4 is 23.4 Å². The lowest BCUT2D eigenvalue weighted by molar-refractivity contribution is -0.115. The van der Waals surface area contributed by atoms with Crippen molar-refractivity contribution in [1.29, 1.82) is 0 Å². The van der Waals surface area contributed by atoms with Crippen molar-refractivity contribution in [2.45, 2.75) is 37.5 Å². The third kappa shape index (κ3) is 4.96. The fourth-order valence-corrected chi connectivity index (χ4v) is 3.01. The van der Waals surface area contributed by atoms with Crippen LogP contribution in [-0.4, -0.2) is 17.8 Å². The summed E-state index contributed by atoms with van der Waals surface area (Å²) in [4.78, 5) is 13.3. The Labute approximate surface area is 144 Å². The number of aryl methyl sites for hydroxylation is 2. The first kappa shape index (κ1) is 18.3. The molecule has 0 saturated carbocycles. The standard InChI is InChI=1S/C18H19F2NO2S/c1-11-8-9-14(10-12(11)2)24-13(3)17(22)21-15-6-4-5-7-16(15)23-18(19)20/h4-10,13,18H,1-3H3,(H,21,22)/t13-/m1/s1. The van der Waals surface area contributed by atoms with Crippen molar-refractivity contribution in [3.05, 3.63) is 53.6 Å². The SMILES string of the molecule is Cc1ccc(S[C@H](C)C(=O)Nc2ccccc2OC(F)F)cc1C. The smallest absolute Gasteiger partial charge is 0.387 e. The Balaban J connectivity index is 2.05. The molecule has 0 unspecified atom stereocenters. The van der Waals surface area contributed by atoms with Gasteiger partial charge in [0.05, 0.1) is 10.9 Å². The Morgan fingerprint density at radius 3 is 2.50 bits per heavy atom. The van der Waals surface area contributed by atoms with E-state index < -0.39 is 6.61 Å². The minimum atomic E-state index is -2.94. The van der Waals surface area contributed by atoms with E-state index in [1.165, 1.54) is 29.5 Å². The molecule has 0 fully saturated rings. The molecule has 6 heteroatoms. The van der Waals surface area contributed by atoms with Crippen molar-refractivity contribution in [3.63, 3.8) is 0 Å². The second-order valence-electron chi connectivity index (χ2n) is 5.37. The van der Waals surface area contributed by atoms with Crippen molar-refractivity contribution in [2.24, 2.45) is 0 Å². The molecule has 2 aromatic rings. The molecule has 1 atom stereocenters. The monoisotopic (exact) mass is 351 g/mol. The Morgan fingerprint density at radius 1 is 1.12 bits per heavy atom. The molecule has 1 N–H and O–H groups in total. The maximum absolute atomic E-state index is 12.4. The summed E-state index contributed by atoms with van der Waals surface area (Å²) >= 11 is 1.41. The number of hydrogen-bond donors (Lipinski definition) is 1. The number of anilines is 1. The number of amides is 1. The van der Waals surface area contributed by atoms with Crippen LogP contribution in [0.4, 0.5) is 14.5 Å². The van der Waals surface area contributed by atoms with Gasteiger partial charge in [0, 0.05) is 4.90 Å². The third-order valence-electron chi connectivity index (χ3n) is 3.52. The van der Waals surface area contributed by atoms with E-state index in [0.717, 1.165) is 10.5 Å². The summed E-state index contributed by atoms with van der Waals surface area (Å²) in [6.45, 7) is 2.87. The second kappa shape index (κ2) is 8.15. The molecule has 0 aromatic heterocycles. The van der Waals surface area contributed by atoms with E-state index >= 15 is 0 Å². The summed E-state index contributed by atoms with van der Waals surface area (Å²) in [5, 5.41) is 2.26. The van der Waals surface area contributed by atoms with Gasteiger partial charge in [-0.15, -0.1) is 11.8 Å². The molecule has 0 spiro atoms. The van der Waals surface area contributed by atoms with Gasteiger partial charge in [-0.1, -0.05) is 18.2 Å². The molecule has 0 radical (unpaired) electrons. The minimum absolute atomic E-state index is 0.0516. The predicted octanol–water partition coefficient (Wildman–Crippen LogP) is 5.02. The number of hydrogen-bond acceptors (Lipinski definition) is 3. The van der Waals surface area contributed by atoms with Crippen LogP contribution in [0.15, 0.2) is 47.4 Å². The zero-order chi connectivity index (χ0) is 17.7. The van der Waals surface area contributed by atoms with Crippen molar-refractivity contribution in [2.75, 3.05) is 5.32 Å². The van der Waals surface area contributed by atoms with Gasteiger partial charge in [-0.2, -0.15) is 8.78 Å². The number of rotatable bonds is 6. The molecule has 0 heterocycles. The molecule has 0 aliphatic carbocycles. The maximum atomic E-state index is 12.4. The lowest BCUT2D eigenvalue weighted by Gasteiger charge is -2.15. The molecule has 128 valence electrons. The van der Waals surface area contributed by atoms with Crippen LogP contribution in [0.25, 0.3) is 0 Å². The first-order chi connectivity index (χ1) is 11.4. The molecule has 24 heavy (non-hydrogen) atoms. The highest BCUT2D eigenvalue weighted by Crippen LogP contribution is 2.29. The quantitative estimate of drug-likeness (QED) is 0.742. The number of benzene rings is 2. The topological polar surface area (TPSA) is 38.3 Å². The number of ether oxygens (including phenoxy) is 1. The number of nitrogens with one attached hydrogen (secondary N) is 1. The van der Waals surface area contributed by atoms with Gasteiger partial charge in [0.15, 0.2) is 0 Å². The number of para-hydroxylation sites is 2. The first-order valence-electron chi connectivity index (χ1n) is 7.45. The number of carbonyl (C=O) groups is 1. The molecule has 0 saturated heterocycles. The normalized spacial score (nSPS) is 12.1. The molecule has 0 bridgehead atoms. The largest absolute Gasteiger partial charge is 0.433 e. The molecule has 2 rings (SSSR count). The summed E-state index contributed by atoms with van der Waals surface area (Å²) < 4.78 is 29.2. The van der Waals surface area contributed by atoms with Crippen LogP contribution >= 0.6 is 11.8 Å². The summed E-state index contributed by atoms with van der Waals surface area (Å²) in [5.74, 6) is -0.326. The van der Waals surface area contributed by atoms with Crippen LogP contribution < -0.4 is 10.1 Å². The maximum Gasteiger partial charge on any atom is 0.387 e. The second-order valence-corrected chi connectivity index (χ2v) is 6.78. The molecule has 0 aliphatic rings. The average Bonchev–Trinajstić information content (AvgIpc) is 2.52. The van der Waals surface area contributed by atoms with E-state index in [1.807, 2.05) is 32.0 Å². The number of thioether (sulfide) groups is 1. The van der Waals surface area contributed by atoms with Gasteiger partial charge in [-0.05, 0) is 56.2 Å². The van der Waals surface area contributed by atoms with Crippen LogP contribution in [0.1, 0.15) is 18.1 Å². The molecule has 2 aromatic carbocycles. The van der Waals surface area contributed by atoms with Gasteiger partial charge in [0.25, 0.3) is 0 Å². The van der Waals surface area contributed by atoms with E-state index in [2.05, 4.69) is 10.1 Å². The number of carbonyl (C=O) groups excluding carboxylic acids is 1. The first-order valence-corrected chi connectivity index (χ1v) is 8.33. The highest BCUT2D eigenvalue weighted by atomic mass is 32.2. The summed E-state index contributed by atoms with van der Waals surface area (Å²) in [5.41, 5.74) is 2.58. The van der Waals surface area contributed by atoms with Gasteiger partial charge in [0.2, 0.25) is 5.91 Å². The van der Waals surface area contributed by atoms with Crippen molar-refractivity contribution in [3.8, 4) is 5.75 Å². The Morgan fingerprint density at radius 2 is 1.83 bits per heavy atom. The fraction of sp³-hybridized carbons (Fsp3) is 0.278. The van der Waals surface area contributed by atoms with Gasteiger partial charge in [0.1, 0.15) is 5.75 Å². The highest BCUT2D eigenvalue weighted by molar-refractivity contribution is 8.00. The zero-order valence-electron chi connectivity index (χ0n) is 13.7. The van der Waals surface area contributed by atoms with E-state index in [-0.39, 0.29) is 22.6 Å². The lowest BCUT2D eigenvalue weighted by Crippen LogP contribution is -2.23. The van der Waals surface area contributed by atoms with Crippen LogP contribution in [0.5, 0.6) is 5.75 Å². The Hall–Kier alpha value is -2.08. The number of halogens is 2. The van der Waals surface area contributed by atoms with Crippen LogP contribution in [-0.2, 0) is 4.79 Å². The molecular formula is C18H19F2NO2S. The zero-order valence-corrected chi connectivity index (χ0v) is 14.5.